The lowest BCUT2D eigenvalue weighted by atomic mass is 9.89. The minimum absolute atomic E-state index is 0.0932. The number of ether oxygens (including phenoxy) is 2. The van der Waals surface area contributed by atoms with Crippen LogP contribution in [-0.2, 0) is 19.2 Å². The number of anilines is 1. The Kier molecular flexibility index (Phi) is 7.50. The molecule has 0 spiro atoms. The third-order valence-electron chi connectivity index (χ3n) is 5.78. The number of halogens is 4. The molecule has 0 amide bonds. The fraction of sp³-hybridized carbons (Fsp3) is 0.308. The molecule has 1 aliphatic heterocycles. The van der Waals surface area contributed by atoms with Gasteiger partial charge in [-0.1, -0.05) is 41.9 Å². The zero-order chi connectivity index (χ0) is 24.9. The maximum Gasteiger partial charge on any atom is 0.420 e. The Morgan fingerprint density at radius 1 is 1.20 bits per heavy atom. The lowest BCUT2D eigenvalue weighted by Gasteiger charge is -2.35. The molecule has 2 heterocycles. The van der Waals surface area contributed by atoms with E-state index in [9.17, 15) is 13.2 Å². The van der Waals surface area contributed by atoms with Crippen LogP contribution < -0.4 is 14.9 Å². The van der Waals surface area contributed by atoms with Gasteiger partial charge in [-0.2, -0.15) is 18.3 Å². The second-order valence-electron chi connectivity index (χ2n) is 8.61. The van der Waals surface area contributed by atoms with Crippen LogP contribution in [0.5, 0.6) is 11.5 Å². The summed E-state index contributed by atoms with van der Waals surface area (Å²) in [6, 6.07) is 16.6. The van der Waals surface area contributed by atoms with Crippen molar-refractivity contribution < 1.29 is 22.6 Å². The summed E-state index contributed by atoms with van der Waals surface area (Å²) in [6.45, 7) is 2.53. The van der Waals surface area contributed by atoms with E-state index in [0.29, 0.717) is 19.4 Å². The molecule has 1 unspecified atom stereocenters. The maximum absolute atomic E-state index is 13.1. The molecule has 4 rings (SSSR count). The van der Waals surface area contributed by atoms with E-state index in [-0.39, 0.29) is 5.02 Å². The molecule has 2 aromatic carbocycles. The number of rotatable bonds is 8. The predicted octanol–water partition coefficient (Wildman–Crippen LogP) is 7.29. The Labute approximate surface area is 206 Å². The lowest BCUT2D eigenvalue weighted by Crippen LogP contribution is -2.36. The number of hydrogen-bond acceptors (Lipinski definition) is 5. The topological polar surface area (TPSA) is 55.7 Å². The predicted molar refractivity (Wildman–Crippen MR) is 130 cm³/mol. The van der Waals surface area contributed by atoms with Gasteiger partial charge in [0.2, 0.25) is 0 Å². The second-order valence-corrected chi connectivity index (χ2v) is 9.04. The highest BCUT2D eigenvalue weighted by atomic mass is 35.5. The first-order valence-corrected chi connectivity index (χ1v) is 11.6. The van der Waals surface area contributed by atoms with E-state index in [0.717, 1.165) is 47.7 Å². The maximum atomic E-state index is 13.1. The number of hydrogen-bond donors (Lipinski definition) is 1. The fourth-order valence-electron chi connectivity index (χ4n) is 3.86. The van der Waals surface area contributed by atoms with Crippen molar-refractivity contribution in [3.05, 3.63) is 82.5 Å². The second kappa shape index (κ2) is 10.6. The van der Waals surface area contributed by atoms with Crippen LogP contribution in [0.25, 0.3) is 0 Å². The quantitative estimate of drug-likeness (QED) is 0.259. The van der Waals surface area contributed by atoms with Crippen molar-refractivity contribution in [3.8, 4) is 11.5 Å². The van der Waals surface area contributed by atoms with Crippen LogP contribution >= 0.6 is 11.6 Å². The first-order valence-electron chi connectivity index (χ1n) is 11.2. The molecule has 0 bridgehead atoms. The van der Waals surface area contributed by atoms with Crippen LogP contribution in [0.1, 0.15) is 42.9 Å². The van der Waals surface area contributed by atoms with Gasteiger partial charge in [-0.15, -0.1) is 0 Å². The standard InChI is InChI=1S/C26H25ClF3N3O2/c1-25(11-5-13-32-33-24-22(26(28,29)30)15-20(27)16-31-24)12-10-19-14-21(8-9-23(19)35-25)34-17-18-6-3-2-4-7-18/h2-4,6-9,13-16H,5,10-12,17H2,1H3,(H,31,33)/b32-13+. The normalized spacial score (nSPS) is 17.6. The van der Waals surface area contributed by atoms with Crippen LogP contribution in [0.15, 0.2) is 65.9 Å². The average molecular weight is 504 g/mol. The van der Waals surface area contributed by atoms with Crippen molar-refractivity contribution in [2.24, 2.45) is 5.10 Å². The summed E-state index contributed by atoms with van der Waals surface area (Å²) in [5, 5.41) is 3.82. The Balaban J connectivity index is 1.30. The monoisotopic (exact) mass is 503 g/mol. The Morgan fingerprint density at radius 2 is 2.00 bits per heavy atom. The van der Waals surface area contributed by atoms with Gasteiger partial charge in [-0.25, -0.2) is 4.98 Å². The van der Waals surface area contributed by atoms with Crippen LogP contribution in [0.2, 0.25) is 5.02 Å². The van der Waals surface area contributed by atoms with E-state index < -0.39 is 23.2 Å². The minimum Gasteiger partial charge on any atom is -0.489 e. The average Bonchev–Trinajstić information content (AvgIpc) is 2.83. The summed E-state index contributed by atoms with van der Waals surface area (Å²) >= 11 is 5.64. The van der Waals surface area contributed by atoms with Gasteiger partial charge in [0, 0.05) is 12.4 Å². The van der Waals surface area contributed by atoms with Crippen LogP contribution in [0.4, 0.5) is 19.0 Å². The number of benzene rings is 2. The molecule has 0 aliphatic carbocycles. The van der Waals surface area contributed by atoms with Crippen molar-refractivity contribution in [1.82, 2.24) is 4.98 Å². The molecule has 1 atom stereocenters. The molecular weight excluding hydrogens is 479 g/mol. The van der Waals surface area contributed by atoms with Crippen molar-refractivity contribution in [2.45, 2.75) is 51.0 Å². The number of aromatic nitrogens is 1. The van der Waals surface area contributed by atoms with Gasteiger partial charge in [-0.05, 0) is 68.0 Å². The number of fused-ring (bicyclic) bond motifs is 1. The summed E-state index contributed by atoms with van der Waals surface area (Å²) in [4.78, 5) is 3.70. The number of aryl methyl sites for hydroxylation is 1. The highest BCUT2D eigenvalue weighted by Gasteiger charge is 2.35. The Morgan fingerprint density at radius 3 is 2.77 bits per heavy atom. The van der Waals surface area contributed by atoms with Gasteiger partial charge in [0.25, 0.3) is 0 Å². The van der Waals surface area contributed by atoms with E-state index in [1.807, 2.05) is 55.5 Å². The van der Waals surface area contributed by atoms with Gasteiger partial charge in [-0.3, -0.25) is 5.43 Å². The third kappa shape index (κ3) is 6.66. The molecular formula is C26H25ClF3N3O2. The van der Waals surface area contributed by atoms with Gasteiger partial charge < -0.3 is 9.47 Å². The first-order chi connectivity index (χ1) is 16.7. The van der Waals surface area contributed by atoms with E-state index >= 15 is 0 Å². The number of nitrogens with one attached hydrogen (secondary N) is 1. The summed E-state index contributed by atoms with van der Waals surface area (Å²) in [5.74, 6) is 1.23. The molecule has 9 heteroatoms. The Hall–Kier alpha value is -3.26. The summed E-state index contributed by atoms with van der Waals surface area (Å²) < 4.78 is 51.6. The van der Waals surface area contributed by atoms with Gasteiger partial charge in [0.15, 0.2) is 5.82 Å². The zero-order valence-electron chi connectivity index (χ0n) is 19.1. The third-order valence-corrected chi connectivity index (χ3v) is 5.99. The van der Waals surface area contributed by atoms with Crippen molar-refractivity contribution >= 4 is 23.6 Å². The number of alkyl halides is 3. The summed E-state index contributed by atoms with van der Waals surface area (Å²) in [7, 11) is 0. The number of hydrazone groups is 1. The molecule has 3 aromatic rings. The molecule has 0 radical (unpaired) electrons. The van der Waals surface area contributed by atoms with Gasteiger partial charge in [0.05, 0.1) is 5.02 Å². The molecule has 35 heavy (non-hydrogen) atoms. The largest absolute Gasteiger partial charge is 0.489 e. The zero-order valence-corrected chi connectivity index (χ0v) is 19.9. The highest BCUT2D eigenvalue weighted by molar-refractivity contribution is 6.30. The van der Waals surface area contributed by atoms with E-state index in [1.54, 1.807) is 0 Å². The first kappa shape index (κ1) is 24.9. The van der Waals surface area contributed by atoms with Crippen LogP contribution in [0.3, 0.4) is 0 Å². The molecule has 0 saturated heterocycles. The number of nitrogens with zero attached hydrogens (tertiary/aromatic N) is 2. The van der Waals surface area contributed by atoms with Crippen LogP contribution in [-0.4, -0.2) is 16.8 Å². The molecule has 0 saturated carbocycles. The van der Waals surface area contributed by atoms with E-state index in [4.69, 9.17) is 21.1 Å². The van der Waals surface area contributed by atoms with Gasteiger partial charge >= 0.3 is 6.18 Å². The van der Waals surface area contributed by atoms with E-state index in [2.05, 4.69) is 15.5 Å². The molecule has 1 aromatic heterocycles. The SMILES string of the molecule is CC1(CC/C=N/Nc2ncc(Cl)cc2C(F)(F)F)CCc2cc(OCc3ccccc3)ccc2O1. The lowest BCUT2D eigenvalue weighted by molar-refractivity contribution is -0.137. The van der Waals surface area contributed by atoms with Crippen molar-refractivity contribution in [3.63, 3.8) is 0 Å². The molecule has 184 valence electrons. The molecule has 0 fully saturated rings. The van der Waals surface area contributed by atoms with Crippen LogP contribution in [0, 0.1) is 0 Å². The Bertz CT molecular complexity index is 1190. The van der Waals surface area contributed by atoms with Gasteiger partial charge in [0.1, 0.15) is 29.3 Å². The summed E-state index contributed by atoms with van der Waals surface area (Å²) in [5.41, 5.74) is 3.20. The smallest absolute Gasteiger partial charge is 0.420 e. The molecule has 5 nitrogen and oxygen atoms in total. The molecule has 1 N–H and O–H groups in total. The summed E-state index contributed by atoms with van der Waals surface area (Å²) in [6.07, 6.45) is 0.908. The highest BCUT2D eigenvalue weighted by Crippen LogP contribution is 2.38. The fourth-order valence-corrected chi connectivity index (χ4v) is 4.02. The van der Waals surface area contributed by atoms with E-state index in [1.165, 1.54) is 6.21 Å². The van der Waals surface area contributed by atoms with Crippen molar-refractivity contribution in [2.75, 3.05) is 5.43 Å². The minimum atomic E-state index is -4.58. The number of pyridine rings is 1. The molecule has 1 aliphatic rings. The van der Waals surface area contributed by atoms with Crippen molar-refractivity contribution in [1.29, 1.82) is 0 Å².